The van der Waals surface area contributed by atoms with E-state index in [1.165, 1.54) is 0 Å². The molecule has 5 heteroatoms. The van der Waals surface area contributed by atoms with E-state index in [-0.39, 0.29) is 18.4 Å². The number of carbonyl (C=O) groups is 2. The molecule has 0 unspecified atom stereocenters. The van der Waals surface area contributed by atoms with Crippen LogP contribution in [0.5, 0.6) is 0 Å². The van der Waals surface area contributed by atoms with Crippen molar-refractivity contribution in [2.75, 3.05) is 6.54 Å². The topological polar surface area (TPSA) is 71.1 Å². The summed E-state index contributed by atoms with van der Waals surface area (Å²) < 4.78 is 0. The second-order valence-corrected chi connectivity index (χ2v) is 7.86. The normalized spacial score (nSPS) is 17.0. The lowest BCUT2D eigenvalue weighted by Gasteiger charge is -2.12. The van der Waals surface area contributed by atoms with Gasteiger partial charge in [-0.1, -0.05) is 55.0 Å². The summed E-state index contributed by atoms with van der Waals surface area (Å²) in [7, 11) is 0. The van der Waals surface area contributed by atoms with E-state index in [2.05, 4.69) is 34.9 Å². The molecule has 158 valence electrons. The Morgan fingerprint density at radius 2 is 1.65 bits per heavy atom. The Labute approximate surface area is 182 Å². The summed E-state index contributed by atoms with van der Waals surface area (Å²) in [6, 6.07) is 18.3. The van der Waals surface area contributed by atoms with E-state index >= 15 is 0 Å². The summed E-state index contributed by atoms with van der Waals surface area (Å²) in [6.45, 7) is 0.376. The Kier molecular flexibility index (Phi) is 6.72. The fourth-order valence-corrected chi connectivity index (χ4v) is 3.79. The smallest absolute Gasteiger partial charge is 0.239 e. The maximum Gasteiger partial charge on any atom is 0.239 e. The Balaban J connectivity index is 1.70. The van der Waals surface area contributed by atoms with E-state index in [1.807, 2.05) is 42.5 Å². The van der Waals surface area contributed by atoms with Crippen LogP contribution in [0.3, 0.4) is 0 Å². The molecule has 1 aliphatic heterocycles. The van der Waals surface area contributed by atoms with Gasteiger partial charge in [0, 0.05) is 23.9 Å². The zero-order chi connectivity index (χ0) is 21.5. The summed E-state index contributed by atoms with van der Waals surface area (Å²) in [5, 5.41) is 6.69. The lowest BCUT2D eigenvalue weighted by Crippen LogP contribution is -2.36. The van der Waals surface area contributed by atoms with Gasteiger partial charge in [0.15, 0.2) is 0 Å². The molecule has 2 bridgehead atoms. The lowest BCUT2D eigenvalue weighted by molar-refractivity contribution is -0.126. The highest BCUT2D eigenvalue weighted by Gasteiger charge is 2.11. The quantitative estimate of drug-likeness (QED) is 0.612. The summed E-state index contributed by atoms with van der Waals surface area (Å²) in [4.78, 5) is 29.1. The molecule has 0 fully saturated rings. The van der Waals surface area contributed by atoms with Crippen LogP contribution >= 0.6 is 0 Å². The van der Waals surface area contributed by atoms with Crippen LogP contribution in [-0.2, 0) is 16.1 Å². The van der Waals surface area contributed by atoms with Crippen molar-refractivity contribution in [1.29, 1.82) is 0 Å². The fraction of sp³-hybridized carbons (Fsp3) is 0.269. The highest BCUT2D eigenvalue weighted by molar-refractivity contribution is 5.88. The van der Waals surface area contributed by atoms with Crippen LogP contribution in [0, 0.1) is 0 Å². The minimum absolute atomic E-state index is 0.000196. The predicted octanol–water partition coefficient (Wildman–Crippen LogP) is 4.61. The Hall–Kier alpha value is -3.47. The number of nitrogens with one attached hydrogen (secondary N) is 2. The number of allylic oxidation sites excluding steroid dienone is 1. The van der Waals surface area contributed by atoms with Crippen LogP contribution in [0.25, 0.3) is 28.2 Å². The molecule has 0 atom stereocenters. The van der Waals surface area contributed by atoms with Gasteiger partial charge in [0.05, 0.1) is 17.8 Å². The third-order valence-corrected chi connectivity index (χ3v) is 5.50. The van der Waals surface area contributed by atoms with Gasteiger partial charge in [0.1, 0.15) is 0 Å². The Morgan fingerprint density at radius 3 is 2.52 bits per heavy atom. The molecule has 0 radical (unpaired) electrons. The SMILES string of the molecule is O=C1CCCCC/C=C/c2ccc3nc(-c4ccccc4)cc(c3c2)CNC(=O)CN1. The van der Waals surface area contributed by atoms with Crippen LogP contribution < -0.4 is 10.6 Å². The van der Waals surface area contributed by atoms with E-state index in [9.17, 15) is 9.59 Å². The molecule has 1 aliphatic rings. The van der Waals surface area contributed by atoms with Crippen molar-refractivity contribution < 1.29 is 9.59 Å². The van der Waals surface area contributed by atoms with Crippen LogP contribution in [0.15, 0.2) is 60.7 Å². The van der Waals surface area contributed by atoms with Crippen molar-refractivity contribution >= 4 is 28.8 Å². The summed E-state index contributed by atoms with van der Waals surface area (Å²) in [6.07, 6.45) is 8.65. The molecular formula is C26H27N3O2. The van der Waals surface area contributed by atoms with Gasteiger partial charge in [-0.2, -0.15) is 0 Å². The maximum atomic E-state index is 12.3. The number of aromatic nitrogens is 1. The molecule has 1 aromatic heterocycles. The Morgan fingerprint density at radius 1 is 0.806 bits per heavy atom. The number of nitrogens with zero attached hydrogens (tertiary/aromatic N) is 1. The average Bonchev–Trinajstić information content (AvgIpc) is 2.80. The summed E-state index contributed by atoms with van der Waals surface area (Å²) in [5.74, 6) is -0.265. The van der Waals surface area contributed by atoms with Gasteiger partial charge in [0.25, 0.3) is 0 Å². The minimum Gasteiger partial charge on any atom is -0.350 e. The third-order valence-electron chi connectivity index (χ3n) is 5.50. The first-order chi connectivity index (χ1) is 15.2. The van der Waals surface area contributed by atoms with Crippen molar-refractivity contribution in [2.24, 2.45) is 0 Å². The fourth-order valence-electron chi connectivity index (χ4n) is 3.79. The minimum atomic E-state index is -0.194. The van der Waals surface area contributed by atoms with Gasteiger partial charge in [-0.05, 0) is 48.6 Å². The second-order valence-electron chi connectivity index (χ2n) is 7.86. The van der Waals surface area contributed by atoms with Crippen LogP contribution in [0.1, 0.15) is 43.2 Å². The molecule has 31 heavy (non-hydrogen) atoms. The molecule has 3 aromatic rings. The first kappa shape index (κ1) is 20.8. The molecule has 2 aromatic carbocycles. The second kappa shape index (κ2) is 10.0. The van der Waals surface area contributed by atoms with Gasteiger partial charge in [0.2, 0.25) is 11.8 Å². The molecule has 0 saturated carbocycles. The van der Waals surface area contributed by atoms with Gasteiger partial charge in [-0.25, -0.2) is 4.98 Å². The number of carbonyl (C=O) groups excluding carboxylic acids is 2. The van der Waals surface area contributed by atoms with Crippen molar-refractivity contribution in [3.63, 3.8) is 0 Å². The monoisotopic (exact) mass is 413 g/mol. The van der Waals surface area contributed by atoms with Crippen LogP contribution in [0.2, 0.25) is 0 Å². The number of hydrogen-bond acceptors (Lipinski definition) is 3. The number of pyridine rings is 1. The Bertz CT molecular complexity index is 1110. The van der Waals surface area contributed by atoms with Crippen molar-refractivity contribution in [3.8, 4) is 11.3 Å². The molecule has 2 heterocycles. The molecule has 2 amide bonds. The van der Waals surface area contributed by atoms with Crippen LogP contribution in [-0.4, -0.2) is 23.3 Å². The molecular weight excluding hydrogens is 386 g/mol. The number of fused-ring (bicyclic) bond motifs is 1. The van der Waals surface area contributed by atoms with E-state index in [0.29, 0.717) is 13.0 Å². The standard InChI is InChI=1S/C26H27N3O2/c30-25-12-8-3-1-2-5-9-19-13-14-23-22(15-19)21(17-27-26(31)18-28-25)16-24(29-23)20-10-6-4-7-11-20/h4-7,9-11,13-16H,1-3,8,12,17-18H2,(H,27,31)(H,28,30)/b9-5+. The summed E-state index contributed by atoms with van der Waals surface area (Å²) >= 11 is 0. The van der Waals surface area contributed by atoms with Crippen molar-refractivity contribution in [3.05, 3.63) is 71.8 Å². The predicted molar refractivity (Wildman–Crippen MR) is 124 cm³/mol. The number of benzene rings is 2. The molecule has 4 rings (SSSR count). The first-order valence-electron chi connectivity index (χ1n) is 10.9. The number of hydrogen-bond donors (Lipinski definition) is 2. The van der Waals surface area contributed by atoms with E-state index < -0.39 is 0 Å². The van der Waals surface area contributed by atoms with E-state index in [4.69, 9.17) is 4.98 Å². The van der Waals surface area contributed by atoms with Gasteiger partial charge in [-0.15, -0.1) is 0 Å². The first-order valence-corrected chi connectivity index (χ1v) is 10.9. The van der Waals surface area contributed by atoms with Crippen molar-refractivity contribution in [2.45, 2.75) is 38.6 Å². The molecule has 0 aliphatic carbocycles. The highest BCUT2D eigenvalue weighted by Crippen LogP contribution is 2.26. The van der Waals surface area contributed by atoms with Crippen LogP contribution in [0.4, 0.5) is 0 Å². The number of rotatable bonds is 1. The van der Waals surface area contributed by atoms with E-state index in [1.54, 1.807) is 0 Å². The number of amides is 2. The third kappa shape index (κ3) is 5.57. The maximum absolute atomic E-state index is 12.3. The summed E-state index contributed by atoms with van der Waals surface area (Å²) in [5.41, 5.74) is 4.93. The largest absolute Gasteiger partial charge is 0.350 e. The van der Waals surface area contributed by atoms with E-state index in [0.717, 1.165) is 59.0 Å². The highest BCUT2D eigenvalue weighted by atomic mass is 16.2. The van der Waals surface area contributed by atoms with Gasteiger partial charge in [-0.3, -0.25) is 9.59 Å². The lowest BCUT2D eigenvalue weighted by atomic mass is 10.0. The average molecular weight is 414 g/mol. The zero-order valence-electron chi connectivity index (χ0n) is 17.6. The van der Waals surface area contributed by atoms with Gasteiger partial charge < -0.3 is 10.6 Å². The molecule has 0 spiro atoms. The molecule has 2 N–H and O–H groups in total. The molecule has 5 nitrogen and oxygen atoms in total. The molecule has 0 saturated heterocycles. The van der Waals surface area contributed by atoms with Gasteiger partial charge >= 0.3 is 0 Å². The zero-order valence-corrected chi connectivity index (χ0v) is 17.6. The van der Waals surface area contributed by atoms with Crippen molar-refractivity contribution in [1.82, 2.24) is 15.6 Å².